The SMILES string of the molecule is CCCNC(c1csc(Br)c1)c1ccc(OC)c(Cl)c1. The van der Waals surface area contributed by atoms with Gasteiger partial charge in [0.1, 0.15) is 5.75 Å². The third-order valence-corrected chi connectivity index (χ3v) is 4.85. The van der Waals surface area contributed by atoms with Crippen LogP contribution in [0.2, 0.25) is 5.02 Å². The molecule has 0 bridgehead atoms. The summed E-state index contributed by atoms with van der Waals surface area (Å²) in [6.07, 6.45) is 1.09. The van der Waals surface area contributed by atoms with E-state index < -0.39 is 0 Å². The summed E-state index contributed by atoms with van der Waals surface area (Å²) in [6, 6.07) is 8.25. The van der Waals surface area contributed by atoms with Crippen molar-refractivity contribution in [3.05, 3.63) is 49.6 Å². The number of hydrogen-bond donors (Lipinski definition) is 1. The van der Waals surface area contributed by atoms with Gasteiger partial charge < -0.3 is 10.1 Å². The average Bonchev–Trinajstić information content (AvgIpc) is 2.86. The van der Waals surface area contributed by atoms with E-state index in [1.165, 1.54) is 5.56 Å². The lowest BCUT2D eigenvalue weighted by molar-refractivity contribution is 0.414. The minimum absolute atomic E-state index is 0.154. The first-order valence-electron chi connectivity index (χ1n) is 6.46. The Morgan fingerprint density at radius 1 is 1.35 bits per heavy atom. The molecule has 0 saturated carbocycles. The molecule has 0 fully saturated rings. The summed E-state index contributed by atoms with van der Waals surface area (Å²) in [5, 5.41) is 6.37. The summed E-state index contributed by atoms with van der Waals surface area (Å²) < 4.78 is 6.35. The Balaban J connectivity index is 2.33. The monoisotopic (exact) mass is 373 g/mol. The zero-order valence-electron chi connectivity index (χ0n) is 11.5. The third-order valence-electron chi connectivity index (χ3n) is 3.03. The van der Waals surface area contributed by atoms with E-state index in [2.05, 4.69) is 45.7 Å². The maximum absolute atomic E-state index is 6.24. The zero-order chi connectivity index (χ0) is 14.5. The second kappa shape index (κ2) is 7.46. The summed E-state index contributed by atoms with van der Waals surface area (Å²) in [4.78, 5) is 0. The summed E-state index contributed by atoms with van der Waals surface area (Å²) in [6.45, 7) is 3.12. The first-order chi connectivity index (χ1) is 9.65. The Labute approximate surface area is 137 Å². The molecule has 1 aromatic heterocycles. The van der Waals surface area contributed by atoms with E-state index in [9.17, 15) is 0 Å². The Morgan fingerprint density at radius 2 is 2.15 bits per heavy atom. The molecule has 20 heavy (non-hydrogen) atoms. The number of thiophene rings is 1. The third kappa shape index (κ3) is 3.76. The molecular weight excluding hydrogens is 358 g/mol. The molecule has 108 valence electrons. The highest BCUT2D eigenvalue weighted by Gasteiger charge is 2.16. The van der Waals surface area contributed by atoms with Gasteiger partial charge in [-0.25, -0.2) is 0 Å². The summed E-state index contributed by atoms with van der Waals surface area (Å²) >= 11 is 11.5. The predicted octanol–water partition coefficient (Wildman–Crippen LogP) is 5.26. The number of ether oxygens (including phenoxy) is 1. The number of nitrogens with one attached hydrogen (secondary N) is 1. The lowest BCUT2D eigenvalue weighted by Crippen LogP contribution is -2.22. The summed E-state index contributed by atoms with van der Waals surface area (Å²) in [5.41, 5.74) is 2.39. The van der Waals surface area contributed by atoms with Crippen LogP contribution in [-0.4, -0.2) is 13.7 Å². The van der Waals surface area contributed by atoms with Gasteiger partial charge in [0.15, 0.2) is 0 Å². The van der Waals surface area contributed by atoms with E-state index in [1.807, 2.05) is 12.1 Å². The first kappa shape index (κ1) is 15.8. The molecule has 2 aromatic rings. The Morgan fingerprint density at radius 3 is 2.70 bits per heavy atom. The van der Waals surface area contributed by atoms with Crippen molar-refractivity contribution in [3.63, 3.8) is 0 Å². The molecule has 1 atom stereocenters. The maximum atomic E-state index is 6.24. The minimum atomic E-state index is 0.154. The van der Waals surface area contributed by atoms with Gasteiger partial charge in [0.2, 0.25) is 0 Å². The van der Waals surface area contributed by atoms with E-state index in [-0.39, 0.29) is 6.04 Å². The number of rotatable bonds is 6. The Hall–Kier alpha value is -0.550. The first-order valence-corrected chi connectivity index (χ1v) is 8.51. The zero-order valence-corrected chi connectivity index (χ0v) is 14.6. The molecule has 5 heteroatoms. The molecule has 0 aliphatic heterocycles. The van der Waals surface area contributed by atoms with Crippen molar-refractivity contribution in [2.75, 3.05) is 13.7 Å². The fourth-order valence-electron chi connectivity index (χ4n) is 2.05. The van der Waals surface area contributed by atoms with Crippen LogP contribution in [-0.2, 0) is 0 Å². The molecule has 0 radical (unpaired) electrons. The molecule has 0 aliphatic carbocycles. The van der Waals surface area contributed by atoms with E-state index in [0.717, 1.165) is 22.3 Å². The van der Waals surface area contributed by atoms with Crippen LogP contribution in [0.15, 0.2) is 33.4 Å². The molecule has 0 amide bonds. The van der Waals surface area contributed by atoms with Crippen LogP contribution in [0.3, 0.4) is 0 Å². The normalized spacial score (nSPS) is 12.4. The van der Waals surface area contributed by atoms with Crippen LogP contribution < -0.4 is 10.1 Å². The number of hydrogen-bond acceptors (Lipinski definition) is 3. The predicted molar refractivity (Wildman–Crippen MR) is 90.2 cm³/mol. The van der Waals surface area contributed by atoms with Crippen LogP contribution >= 0.6 is 38.9 Å². The van der Waals surface area contributed by atoms with Gasteiger partial charge in [0.25, 0.3) is 0 Å². The van der Waals surface area contributed by atoms with Gasteiger partial charge in [-0.3, -0.25) is 0 Å². The van der Waals surface area contributed by atoms with E-state index in [0.29, 0.717) is 10.8 Å². The van der Waals surface area contributed by atoms with Gasteiger partial charge in [0, 0.05) is 0 Å². The highest BCUT2D eigenvalue weighted by Crippen LogP contribution is 2.33. The Kier molecular flexibility index (Phi) is 5.90. The molecule has 1 heterocycles. The molecule has 1 N–H and O–H groups in total. The van der Waals surface area contributed by atoms with Crippen LogP contribution in [0.1, 0.15) is 30.5 Å². The van der Waals surface area contributed by atoms with Gasteiger partial charge in [-0.2, -0.15) is 0 Å². The molecule has 0 aliphatic rings. The highest BCUT2D eigenvalue weighted by atomic mass is 79.9. The highest BCUT2D eigenvalue weighted by molar-refractivity contribution is 9.11. The van der Waals surface area contributed by atoms with Gasteiger partial charge in [0.05, 0.1) is 22.0 Å². The lowest BCUT2D eigenvalue weighted by atomic mass is 10.0. The second-order valence-electron chi connectivity index (χ2n) is 4.47. The molecule has 1 aromatic carbocycles. The van der Waals surface area contributed by atoms with E-state index in [4.69, 9.17) is 16.3 Å². The molecule has 0 saturated heterocycles. The maximum Gasteiger partial charge on any atom is 0.137 e. The van der Waals surface area contributed by atoms with Crippen LogP contribution in [0.5, 0.6) is 5.75 Å². The molecule has 2 rings (SSSR count). The van der Waals surface area contributed by atoms with Crippen molar-refractivity contribution in [2.45, 2.75) is 19.4 Å². The van der Waals surface area contributed by atoms with Crippen LogP contribution in [0, 0.1) is 0 Å². The standard InChI is InChI=1S/C15H17BrClNOS/c1-3-6-18-15(11-8-14(16)20-9-11)10-4-5-13(19-2)12(17)7-10/h4-5,7-9,15,18H,3,6H2,1-2H3. The Bertz CT molecular complexity index is 573. The van der Waals surface area contributed by atoms with Crippen molar-refractivity contribution in [2.24, 2.45) is 0 Å². The molecular formula is C15H17BrClNOS. The summed E-state index contributed by atoms with van der Waals surface area (Å²) in [5.74, 6) is 0.705. The molecule has 1 unspecified atom stereocenters. The molecule has 2 nitrogen and oxygen atoms in total. The number of benzene rings is 1. The average molecular weight is 375 g/mol. The van der Waals surface area contributed by atoms with Crippen molar-refractivity contribution >= 4 is 38.9 Å². The van der Waals surface area contributed by atoms with Gasteiger partial charge in [-0.1, -0.05) is 24.6 Å². The van der Waals surface area contributed by atoms with E-state index in [1.54, 1.807) is 18.4 Å². The van der Waals surface area contributed by atoms with Gasteiger partial charge in [-0.15, -0.1) is 11.3 Å². The quantitative estimate of drug-likeness (QED) is 0.744. The fraction of sp³-hybridized carbons (Fsp3) is 0.333. The van der Waals surface area contributed by atoms with Crippen LogP contribution in [0.25, 0.3) is 0 Å². The fourth-order valence-corrected chi connectivity index (χ4v) is 3.52. The number of halogens is 2. The van der Waals surface area contributed by atoms with E-state index >= 15 is 0 Å². The molecule has 0 spiro atoms. The van der Waals surface area contributed by atoms with Gasteiger partial charge >= 0.3 is 0 Å². The van der Waals surface area contributed by atoms with Crippen LogP contribution in [0.4, 0.5) is 0 Å². The summed E-state index contributed by atoms with van der Waals surface area (Å²) in [7, 11) is 1.63. The number of methoxy groups -OCH3 is 1. The van der Waals surface area contributed by atoms with Crippen molar-refractivity contribution < 1.29 is 4.74 Å². The largest absolute Gasteiger partial charge is 0.495 e. The topological polar surface area (TPSA) is 21.3 Å². The second-order valence-corrected chi connectivity index (χ2v) is 7.16. The van der Waals surface area contributed by atoms with Crippen molar-refractivity contribution in [1.82, 2.24) is 5.32 Å². The van der Waals surface area contributed by atoms with Crippen molar-refractivity contribution in [1.29, 1.82) is 0 Å². The lowest BCUT2D eigenvalue weighted by Gasteiger charge is -2.19. The smallest absolute Gasteiger partial charge is 0.137 e. The van der Waals surface area contributed by atoms with Crippen molar-refractivity contribution in [3.8, 4) is 5.75 Å². The minimum Gasteiger partial charge on any atom is -0.495 e. The van der Waals surface area contributed by atoms with Gasteiger partial charge in [-0.05, 0) is 63.6 Å².